The number of hydrogen-bond acceptors (Lipinski definition) is 6. The molecule has 0 unspecified atom stereocenters. The summed E-state index contributed by atoms with van der Waals surface area (Å²) in [4.78, 5) is 14.9. The number of para-hydroxylation sites is 1. The van der Waals surface area contributed by atoms with Crippen LogP contribution in [-0.4, -0.2) is 36.7 Å². The number of nitrogens with zero attached hydrogens (tertiary/aromatic N) is 4. The number of aliphatic carboxylic acids is 1. The Morgan fingerprint density at radius 1 is 1.29 bits per heavy atom. The molecule has 0 amide bonds. The summed E-state index contributed by atoms with van der Waals surface area (Å²) in [5.74, 6) is 5.39. The average Bonchev–Trinajstić information content (AvgIpc) is 2.85. The molecule has 0 saturated carbocycles. The second kappa shape index (κ2) is 5.41. The number of nitrogens with two attached hydrogens (primary N) is 1. The second-order valence-electron chi connectivity index (χ2n) is 4.23. The molecule has 3 rings (SSSR count). The highest BCUT2D eigenvalue weighted by atomic mass is 32.2. The maximum Gasteiger partial charge on any atom is 0.313 e. The molecular formula is C13H11N5O2S. The minimum atomic E-state index is -0.932. The number of carbonyl (C=O) groups is 1. The Kier molecular flexibility index (Phi) is 3.44. The zero-order valence-corrected chi connectivity index (χ0v) is 11.6. The van der Waals surface area contributed by atoms with Crippen LogP contribution < -0.4 is 5.84 Å². The topological polar surface area (TPSA) is 107 Å². The lowest BCUT2D eigenvalue weighted by Gasteiger charge is -2.05. The molecule has 7 nitrogen and oxygen atoms in total. The van der Waals surface area contributed by atoms with Crippen molar-refractivity contribution in [2.75, 3.05) is 11.6 Å². The van der Waals surface area contributed by atoms with E-state index in [-0.39, 0.29) is 5.75 Å². The molecule has 0 bridgehead atoms. The third-order valence-electron chi connectivity index (χ3n) is 2.88. The molecule has 0 aliphatic rings. The van der Waals surface area contributed by atoms with Gasteiger partial charge in [0.1, 0.15) is 0 Å². The predicted molar refractivity (Wildman–Crippen MR) is 79.3 cm³/mol. The summed E-state index contributed by atoms with van der Waals surface area (Å²) in [7, 11) is 0. The molecule has 0 aliphatic carbocycles. The summed E-state index contributed by atoms with van der Waals surface area (Å²) >= 11 is 1.03. The average molecular weight is 301 g/mol. The highest BCUT2D eigenvalue weighted by molar-refractivity contribution is 7.99. The maximum absolute atomic E-state index is 10.6. The van der Waals surface area contributed by atoms with Crippen molar-refractivity contribution in [1.82, 2.24) is 19.9 Å². The van der Waals surface area contributed by atoms with E-state index in [9.17, 15) is 4.79 Å². The van der Waals surface area contributed by atoms with Crippen LogP contribution in [0.1, 0.15) is 0 Å². The number of benzene rings is 1. The van der Waals surface area contributed by atoms with E-state index in [2.05, 4.69) is 15.2 Å². The fourth-order valence-electron chi connectivity index (χ4n) is 1.98. The molecule has 3 aromatic rings. The number of fused-ring (bicyclic) bond motifs is 1. The van der Waals surface area contributed by atoms with Crippen LogP contribution in [0.4, 0.5) is 0 Å². The van der Waals surface area contributed by atoms with Crippen molar-refractivity contribution in [3.8, 4) is 11.4 Å². The molecule has 21 heavy (non-hydrogen) atoms. The van der Waals surface area contributed by atoms with E-state index in [0.717, 1.165) is 28.2 Å². The van der Waals surface area contributed by atoms with E-state index in [0.29, 0.717) is 11.0 Å². The van der Waals surface area contributed by atoms with Crippen LogP contribution >= 0.6 is 11.8 Å². The number of pyridine rings is 1. The predicted octanol–water partition coefficient (Wildman–Crippen LogP) is 1.38. The molecule has 0 atom stereocenters. The molecule has 106 valence electrons. The van der Waals surface area contributed by atoms with E-state index in [4.69, 9.17) is 10.9 Å². The van der Waals surface area contributed by atoms with Crippen molar-refractivity contribution in [3.63, 3.8) is 0 Å². The molecule has 1 aromatic carbocycles. The van der Waals surface area contributed by atoms with Gasteiger partial charge >= 0.3 is 5.97 Å². The summed E-state index contributed by atoms with van der Waals surface area (Å²) in [6.07, 6.45) is 1.68. The van der Waals surface area contributed by atoms with Crippen LogP contribution in [0.3, 0.4) is 0 Å². The quantitative estimate of drug-likeness (QED) is 0.553. The maximum atomic E-state index is 10.6. The number of thioether (sulfide) groups is 1. The summed E-state index contributed by atoms with van der Waals surface area (Å²) in [6, 6.07) is 9.44. The monoisotopic (exact) mass is 301 g/mol. The highest BCUT2D eigenvalue weighted by Crippen LogP contribution is 2.27. The van der Waals surface area contributed by atoms with Crippen molar-refractivity contribution in [1.29, 1.82) is 0 Å². The van der Waals surface area contributed by atoms with Crippen LogP contribution in [-0.2, 0) is 4.79 Å². The number of nitrogen functional groups attached to an aromatic ring is 1. The number of carboxylic acids is 1. The minimum Gasteiger partial charge on any atom is -0.481 e. The van der Waals surface area contributed by atoms with Crippen molar-refractivity contribution < 1.29 is 9.90 Å². The lowest BCUT2D eigenvalue weighted by Crippen LogP contribution is -2.12. The number of carboxylic acid groups (broad SMARTS) is 1. The second-order valence-corrected chi connectivity index (χ2v) is 5.18. The first-order valence-corrected chi connectivity index (χ1v) is 7.04. The van der Waals surface area contributed by atoms with Crippen LogP contribution in [0.5, 0.6) is 0 Å². The lowest BCUT2D eigenvalue weighted by atomic mass is 10.1. The molecule has 0 spiro atoms. The van der Waals surface area contributed by atoms with Gasteiger partial charge in [0, 0.05) is 17.1 Å². The largest absolute Gasteiger partial charge is 0.481 e. The molecule has 0 radical (unpaired) electrons. The molecule has 3 N–H and O–H groups in total. The van der Waals surface area contributed by atoms with E-state index >= 15 is 0 Å². The first-order valence-electron chi connectivity index (χ1n) is 6.06. The van der Waals surface area contributed by atoms with Gasteiger partial charge in [-0.2, -0.15) is 0 Å². The van der Waals surface area contributed by atoms with Gasteiger partial charge in [0.2, 0.25) is 5.16 Å². The van der Waals surface area contributed by atoms with Gasteiger partial charge in [0.25, 0.3) is 0 Å². The summed E-state index contributed by atoms with van der Waals surface area (Å²) in [5.41, 5.74) is 1.63. The van der Waals surface area contributed by atoms with E-state index in [1.807, 2.05) is 24.3 Å². The molecule has 0 fully saturated rings. The number of aromatic nitrogens is 4. The van der Waals surface area contributed by atoms with Crippen LogP contribution in [0, 0.1) is 0 Å². The Morgan fingerprint density at radius 2 is 2.10 bits per heavy atom. The smallest absolute Gasteiger partial charge is 0.313 e. The normalized spacial score (nSPS) is 10.9. The zero-order valence-electron chi connectivity index (χ0n) is 10.8. The molecular weight excluding hydrogens is 290 g/mol. The molecule has 8 heteroatoms. The molecule has 0 saturated heterocycles. The highest BCUT2D eigenvalue weighted by Gasteiger charge is 2.15. The third kappa shape index (κ3) is 2.52. The Labute approximate surface area is 123 Å². The van der Waals surface area contributed by atoms with Gasteiger partial charge in [-0.15, -0.1) is 10.2 Å². The first kappa shape index (κ1) is 13.4. The number of rotatable bonds is 4. The lowest BCUT2D eigenvalue weighted by molar-refractivity contribution is -0.133. The van der Waals surface area contributed by atoms with Crippen LogP contribution in [0.2, 0.25) is 0 Å². The summed E-state index contributed by atoms with van der Waals surface area (Å²) in [6.45, 7) is 0. The Bertz CT molecular complexity index is 812. The van der Waals surface area contributed by atoms with Crippen molar-refractivity contribution in [2.24, 2.45) is 0 Å². The Balaban J connectivity index is 2.05. The first-order chi connectivity index (χ1) is 10.2. The molecule has 2 heterocycles. The third-order valence-corrected chi connectivity index (χ3v) is 3.81. The summed E-state index contributed by atoms with van der Waals surface area (Å²) in [5, 5.41) is 18.0. The van der Waals surface area contributed by atoms with Gasteiger partial charge in [-0.25, -0.2) is 4.68 Å². The van der Waals surface area contributed by atoms with Gasteiger partial charge in [-0.3, -0.25) is 9.78 Å². The zero-order chi connectivity index (χ0) is 14.8. The van der Waals surface area contributed by atoms with Crippen LogP contribution in [0.15, 0.2) is 41.7 Å². The van der Waals surface area contributed by atoms with E-state index < -0.39 is 5.97 Å². The van der Waals surface area contributed by atoms with Gasteiger partial charge in [0.05, 0.1) is 11.3 Å². The fraction of sp³-hybridized carbons (Fsp3) is 0.0769. The van der Waals surface area contributed by atoms with Crippen molar-refractivity contribution >= 4 is 28.6 Å². The Morgan fingerprint density at radius 3 is 2.90 bits per heavy atom. The van der Waals surface area contributed by atoms with E-state index in [1.165, 1.54) is 4.68 Å². The van der Waals surface area contributed by atoms with Crippen LogP contribution in [0.25, 0.3) is 22.3 Å². The number of hydrogen-bond donors (Lipinski definition) is 2. The minimum absolute atomic E-state index is 0.119. The van der Waals surface area contributed by atoms with E-state index in [1.54, 1.807) is 12.3 Å². The fourth-order valence-corrected chi connectivity index (χ4v) is 2.55. The van der Waals surface area contributed by atoms with Gasteiger partial charge in [0.15, 0.2) is 5.82 Å². The molecule has 2 aromatic heterocycles. The molecule has 0 aliphatic heterocycles. The van der Waals surface area contributed by atoms with Gasteiger partial charge in [-0.05, 0) is 12.1 Å². The van der Waals surface area contributed by atoms with Gasteiger partial charge in [-0.1, -0.05) is 30.0 Å². The van der Waals surface area contributed by atoms with Crippen molar-refractivity contribution in [3.05, 3.63) is 36.5 Å². The van der Waals surface area contributed by atoms with Gasteiger partial charge < -0.3 is 10.9 Å². The van der Waals surface area contributed by atoms with Crippen molar-refractivity contribution in [2.45, 2.75) is 5.16 Å². The SMILES string of the molecule is Nn1c(SCC(=O)O)nnc1-c1ccnc2ccccc12. The standard InChI is InChI=1S/C13H11N5O2S/c14-18-12(16-17-13(18)21-7-11(19)20)9-5-6-15-10-4-2-1-3-8(9)10/h1-6H,7,14H2,(H,19,20). The summed E-state index contributed by atoms with van der Waals surface area (Å²) < 4.78 is 1.30. The Hall–Kier alpha value is -2.61.